The molecule has 0 amide bonds. The molecule has 0 unspecified atom stereocenters. The fourth-order valence-corrected chi connectivity index (χ4v) is 6.43. The zero-order chi connectivity index (χ0) is 38.6. The predicted octanol–water partition coefficient (Wildman–Crippen LogP) is 11.9. The van der Waals surface area contributed by atoms with Crippen LogP contribution in [0.2, 0.25) is 0 Å². The highest BCUT2D eigenvalue weighted by Crippen LogP contribution is 2.41. The van der Waals surface area contributed by atoms with Crippen LogP contribution in [0.5, 0.6) is 34.5 Å². The van der Waals surface area contributed by atoms with E-state index >= 15 is 0 Å². The van der Waals surface area contributed by atoms with Crippen molar-refractivity contribution < 1.29 is 28.4 Å². The molecule has 0 N–H and O–H groups in total. The first-order chi connectivity index (χ1) is 27.0. The molecule has 0 aliphatic carbocycles. The maximum absolute atomic E-state index is 6.16. The largest absolute Gasteiger partial charge is 0.494 e. The smallest absolute Gasteiger partial charge is 0.132 e. The highest BCUT2D eigenvalue weighted by atomic mass is 16.5. The van der Waals surface area contributed by atoms with Crippen molar-refractivity contribution >= 4 is 17.1 Å². The van der Waals surface area contributed by atoms with E-state index in [2.05, 4.69) is 65.6 Å². The van der Waals surface area contributed by atoms with Crippen LogP contribution in [0.4, 0.5) is 17.1 Å². The Balaban J connectivity index is 1.47. The van der Waals surface area contributed by atoms with Gasteiger partial charge in [0.2, 0.25) is 0 Å². The summed E-state index contributed by atoms with van der Waals surface area (Å²) in [5.41, 5.74) is 8.31. The maximum Gasteiger partial charge on any atom is 0.132 e. The average molecular weight is 739 g/mol. The second kappa shape index (κ2) is 18.7. The molecule has 8 heteroatoms. The molecule has 8 nitrogen and oxygen atoms in total. The van der Waals surface area contributed by atoms with Gasteiger partial charge in [-0.15, -0.1) is 0 Å². The standard InChI is InChI=1S/C47H50N2O6/c1-7-50-38-21-17-36(18-22-38)49(37-19-23-39(24-20-37)51-8-2)35-15-13-33(14-16-35)34-29-44(42-27-25-40(52-9-3)31-46(42)54-11-5)48-45(30-34)43-28-26-41(53-10-4)32-47(43)55-12-6/h13-32H,7-12H2,1-6H3. The summed E-state index contributed by atoms with van der Waals surface area (Å²) in [5.74, 6) is 4.57. The van der Waals surface area contributed by atoms with Crippen LogP contribution in [0.1, 0.15) is 41.5 Å². The Bertz CT molecular complexity index is 2010. The van der Waals surface area contributed by atoms with Crippen molar-refractivity contribution in [3.8, 4) is 68.1 Å². The molecule has 5 aromatic carbocycles. The minimum atomic E-state index is 0.503. The summed E-state index contributed by atoms with van der Waals surface area (Å²) in [6.07, 6.45) is 0. The molecule has 6 aromatic rings. The van der Waals surface area contributed by atoms with Crippen molar-refractivity contribution in [3.63, 3.8) is 0 Å². The third-order valence-corrected chi connectivity index (χ3v) is 8.78. The van der Waals surface area contributed by atoms with Crippen LogP contribution in [-0.2, 0) is 0 Å². The number of ether oxygens (including phenoxy) is 6. The van der Waals surface area contributed by atoms with Gasteiger partial charge in [0.15, 0.2) is 0 Å². The van der Waals surface area contributed by atoms with Gasteiger partial charge in [-0.25, -0.2) is 4.98 Å². The number of hydrogen-bond donors (Lipinski definition) is 0. The molecule has 0 spiro atoms. The summed E-state index contributed by atoms with van der Waals surface area (Å²) in [4.78, 5) is 7.46. The molecular formula is C47H50N2O6. The zero-order valence-electron chi connectivity index (χ0n) is 32.6. The fourth-order valence-electron chi connectivity index (χ4n) is 6.43. The minimum Gasteiger partial charge on any atom is -0.494 e. The molecule has 1 heterocycles. The topological polar surface area (TPSA) is 71.5 Å². The van der Waals surface area contributed by atoms with Crippen LogP contribution < -0.4 is 33.3 Å². The van der Waals surface area contributed by atoms with Crippen molar-refractivity contribution in [2.24, 2.45) is 0 Å². The van der Waals surface area contributed by atoms with Crippen LogP contribution in [0.25, 0.3) is 33.6 Å². The lowest BCUT2D eigenvalue weighted by atomic mass is 9.98. The number of hydrogen-bond acceptors (Lipinski definition) is 8. The van der Waals surface area contributed by atoms with Gasteiger partial charge in [-0.3, -0.25) is 0 Å². The van der Waals surface area contributed by atoms with E-state index in [0.29, 0.717) is 51.1 Å². The highest BCUT2D eigenvalue weighted by Gasteiger charge is 2.18. The summed E-state index contributed by atoms with van der Waals surface area (Å²) in [6.45, 7) is 15.2. The van der Waals surface area contributed by atoms with Crippen LogP contribution >= 0.6 is 0 Å². The number of anilines is 3. The molecule has 6 rings (SSSR count). The van der Waals surface area contributed by atoms with Crippen molar-refractivity contribution in [1.29, 1.82) is 0 Å². The molecule has 0 atom stereocenters. The summed E-state index contributed by atoms with van der Waals surface area (Å²) >= 11 is 0. The molecule has 1 aromatic heterocycles. The van der Waals surface area contributed by atoms with Gasteiger partial charge < -0.3 is 33.3 Å². The highest BCUT2D eigenvalue weighted by molar-refractivity contribution is 5.83. The normalized spacial score (nSPS) is 10.8. The number of rotatable bonds is 18. The van der Waals surface area contributed by atoms with Crippen molar-refractivity contribution in [3.05, 3.63) is 121 Å². The molecule has 0 bridgehead atoms. The summed E-state index contributed by atoms with van der Waals surface area (Å²) in [7, 11) is 0. The third kappa shape index (κ3) is 9.33. The number of pyridine rings is 1. The van der Waals surface area contributed by atoms with E-state index < -0.39 is 0 Å². The molecule has 0 fully saturated rings. The lowest BCUT2D eigenvalue weighted by Gasteiger charge is -2.26. The second-order valence-electron chi connectivity index (χ2n) is 12.4. The van der Waals surface area contributed by atoms with Crippen LogP contribution in [0, 0.1) is 0 Å². The van der Waals surface area contributed by atoms with E-state index in [4.69, 9.17) is 33.4 Å². The van der Waals surface area contributed by atoms with Gasteiger partial charge in [0, 0.05) is 40.3 Å². The van der Waals surface area contributed by atoms with Crippen LogP contribution in [0.15, 0.2) is 121 Å². The average Bonchev–Trinajstić information content (AvgIpc) is 3.20. The van der Waals surface area contributed by atoms with E-state index in [1.54, 1.807) is 0 Å². The molecule has 55 heavy (non-hydrogen) atoms. The van der Waals surface area contributed by atoms with E-state index in [1.165, 1.54) is 0 Å². The Morgan fingerprint density at radius 3 is 1.09 bits per heavy atom. The van der Waals surface area contributed by atoms with Crippen LogP contribution in [0.3, 0.4) is 0 Å². The van der Waals surface area contributed by atoms with Gasteiger partial charge in [0.25, 0.3) is 0 Å². The Labute approximate surface area is 325 Å². The Hall–Kier alpha value is -6.15. The first kappa shape index (κ1) is 38.6. The first-order valence-electron chi connectivity index (χ1n) is 19.2. The van der Waals surface area contributed by atoms with Crippen molar-refractivity contribution in [2.45, 2.75) is 41.5 Å². The number of benzene rings is 5. The van der Waals surface area contributed by atoms with Gasteiger partial charge in [0.1, 0.15) is 34.5 Å². The van der Waals surface area contributed by atoms with Gasteiger partial charge in [0.05, 0.1) is 51.0 Å². The van der Waals surface area contributed by atoms with Crippen molar-refractivity contribution in [1.82, 2.24) is 4.98 Å². The second-order valence-corrected chi connectivity index (χ2v) is 12.4. The van der Waals surface area contributed by atoms with E-state index in [-0.39, 0.29) is 0 Å². The molecule has 0 aliphatic heterocycles. The van der Waals surface area contributed by atoms with Gasteiger partial charge >= 0.3 is 0 Å². The van der Waals surface area contributed by atoms with E-state index in [0.717, 1.165) is 73.7 Å². The van der Waals surface area contributed by atoms with E-state index in [9.17, 15) is 0 Å². The summed E-state index contributed by atoms with van der Waals surface area (Å²) in [6, 6.07) is 41.0. The molecule has 284 valence electrons. The zero-order valence-corrected chi connectivity index (χ0v) is 32.6. The monoisotopic (exact) mass is 738 g/mol. The van der Waals surface area contributed by atoms with Gasteiger partial charge in [-0.1, -0.05) is 12.1 Å². The number of aromatic nitrogens is 1. The summed E-state index contributed by atoms with van der Waals surface area (Å²) in [5, 5.41) is 0. The fraction of sp³-hybridized carbons (Fsp3) is 0.255. The SMILES string of the molecule is CCOc1ccc(N(c2ccc(OCC)cc2)c2ccc(-c3cc(-c4ccc(OCC)cc4OCC)nc(-c4ccc(OCC)cc4OCC)c3)cc2)cc1. The minimum absolute atomic E-state index is 0.503. The first-order valence-corrected chi connectivity index (χ1v) is 19.2. The maximum atomic E-state index is 6.16. The quantitative estimate of drug-likeness (QED) is 0.0863. The lowest BCUT2D eigenvalue weighted by Crippen LogP contribution is -2.10. The lowest BCUT2D eigenvalue weighted by molar-refractivity contribution is 0.323. The molecule has 0 saturated carbocycles. The number of nitrogens with zero attached hydrogens (tertiary/aromatic N) is 2. The molecular weight excluding hydrogens is 689 g/mol. The van der Waals surface area contributed by atoms with Gasteiger partial charge in [-0.2, -0.15) is 0 Å². The molecule has 0 radical (unpaired) electrons. The predicted molar refractivity (Wildman–Crippen MR) is 222 cm³/mol. The Morgan fingerprint density at radius 1 is 0.364 bits per heavy atom. The summed E-state index contributed by atoms with van der Waals surface area (Å²) < 4.78 is 35.5. The third-order valence-electron chi connectivity index (χ3n) is 8.78. The van der Waals surface area contributed by atoms with Gasteiger partial charge in [-0.05, 0) is 150 Å². The van der Waals surface area contributed by atoms with E-state index in [1.807, 2.05) is 102 Å². The van der Waals surface area contributed by atoms with Crippen LogP contribution in [-0.4, -0.2) is 44.6 Å². The Morgan fingerprint density at radius 2 is 0.709 bits per heavy atom. The molecule has 0 aliphatic rings. The van der Waals surface area contributed by atoms with Crippen molar-refractivity contribution in [2.75, 3.05) is 44.5 Å². The Kier molecular flexibility index (Phi) is 13.1. The molecule has 0 saturated heterocycles.